The van der Waals surface area contributed by atoms with E-state index in [-0.39, 0.29) is 0 Å². The van der Waals surface area contributed by atoms with Gasteiger partial charge in [-0.05, 0) is 44.7 Å². The van der Waals surface area contributed by atoms with Crippen LogP contribution in [0.1, 0.15) is 78.1 Å². The fraction of sp³-hybridized carbons (Fsp3) is 0.944. The summed E-state index contributed by atoms with van der Waals surface area (Å²) in [6.07, 6.45) is 11.8. The summed E-state index contributed by atoms with van der Waals surface area (Å²) >= 11 is 0. The molecule has 21 heavy (non-hydrogen) atoms. The molecule has 1 rings (SSSR count). The van der Waals surface area contributed by atoms with Gasteiger partial charge in [-0.25, -0.2) is 0 Å². The Balaban J connectivity index is 2.21. The van der Waals surface area contributed by atoms with Gasteiger partial charge in [0.15, 0.2) is 0 Å². The molecule has 1 N–H and O–H groups in total. The van der Waals surface area contributed by atoms with Crippen molar-refractivity contribution in [1.82, 2.24) is 10.2 Å². The average Bonchev–Trinajstić information content (AvgIpc) is 2.51. The number of nitrogens with one attached hydrogen (secondary N) is 1. The fourth-order valence-corrected chi connectivity index (χ4v) is 3.18. The van der Waals surface area contributed by atoms with Gasteiger partial charge in [0.05, 0.1) is 0 Å². The van der Waals surface area contributed by atoms with E-state index in [1.54, 1.807) is 0 Å². The van der Waals surface area contributed by atoms with Crippen LogP contribution in [0.2, 0.25) is 0 Å². The van der Waals surface area contributed by atoms with Crippen molar-refractivity contribution in [3.05, 3.63) is 0 Å². The quantitative estimate of drug-likeness (QED) is 0.585. The summed E-state index contributed by atoms with van der Waals surface area (Å²) in [5.74, 6) is 1.11. The summed E-state index contributed by atoms with van der Waals surface area (Å²) < 4.78 is 0. The number of hydrogen-bond donors (Lipinski definition) is 1. The summed E-state index contributed by atoms with van der Waals surface area (Å²) in [5.41, 5.74) is 0. The lowest BCUT2D eigenvalue weighted by Crippen LogP contribution is -2.39. The van der Waals surface area contributed by atoms with Crippen molar-refractivity contribution in [2.24, 2.45) is 5.92 Å². The third-order valence-electron chi connectivity index (χ3n) is 4.53. The Morgan fingerprint density at radius 3 is 2.33 bits per heavy atom. The van der Waals surface area contributed by atoms with Crippen LogP contribution in [0.5, 0.6) is 0 Å². The highest BCUT2D eigenvalue weighted by molar-refractivity contribution is 5.76. The first-order valence-corrected chi connectivity index (χ1v) is 9.26. The zero-order valence-electron chi connectivity index (χ0n) is 14.3. The monoisotopic (exact) mass is 296 g/mol. The van der Waals surface area contributed by atoms with E-state index >= 15 is 0 Å². The Hall–Kier alpha value is -0.570. The van der Waals surface area contributed by atoms with Crippen LogP contribution in [0.15, 0.2) is 0 Å². The Morgan fingerprint density at radius 2 is 1.67 bits per heavy atom. The number of unbranched alkanes of at least 4 members (excludes halogenated alkanes) is 5. The summed E-state index contributed by atoms with van der Waals surface area (Å²) in [7, 11) is 0. The van der Waals surface area contributed by atoms with Crippen LogP contribution in [0.25, 0.3) is 0 Å². The SMILES string of the molecule is CCCCCCCCC(=O)N(CCC)CC1CCNCC1. The van der Waals surface area contributed by atoms with E-state index in [4.69, 9.17) is 0 Å². The second-order valence-electron chi connectivity index (χ2n) is 6.55. The molecule has 1 heterocycles. The predicted molar refractivity (Wildman–Crippen MR) is 90.5 cm³/mol. The minimum absolute atomic E-state index is 0.394. The van der Waals surface area contributed by atoms with E-state index < -0.39 is 0 Å². The number of amides is 1. The number of nitrogens with zero attached hydrogens (tertiary/aromatic N) is 1. The lowest BCUT2D eigenvalue weighted by molar-refractivity contribution is -0.132. The maximum atomic E-state index is 12.4. The Bertz CT molecular complexity index is 262. The molecule has 0 bridgehead atoms. The van der Waals surface area contributed by atoms with Gasteiger partial charge in [-0.1, -0.05) is 46.0 Å². The Kier molecular flexibility index (Phi) is 10.6. The normalized spacial score (nSPS) is 16.1. The molecule has 0 aliphatic carbocycles. The Morgan fingerprint density at radius 1 is 1.00 bits per heavy atom. The van der Waals surface area contributed by atoms with E-state index in [9.17, 15) is 4.79 Å². The van der Waals surface area contributed by atoms with Crippen molar-refractivity contribution < 1.29 is 4.79 Å². The molecule has 124 valence electrons. The zero-order chi connectivity index (χ0) is 15.3. The van der Waals surface area contributed by atoms with E-state index in [0.29, 0.717) is 11.8 Å². The molecule has 1 fully saturated rings. The first-order valence-electron chi connectivity index (χ1n) is 9.26. The lowest BCUT2D eigenvalue weighted by atomic mass is 9.97. The summed E-state index contributed by atoms with van der Waals surface area (Å²) in [6, 6.07) is 0. The molecule has 0 aromatic heterocycles. The van der Waals surface area contributed by atoms with Gasteiger partial charge in [-0.3, -0.25) is 4.79 Å². The first kappa shape index (κ1) is 18.5. The second kappa shape index (κ2) is 12.0. The van der Waals surface area contributed by atoms with Gasteiger partial charge in [0.25, 0.3) is 0 Å². The average molecular weight is 296 g/mol. The molecule has 0 atom stereocenters. The smallest absolute Gasteiger partial charge is 0.222 e. The number of piperidine rings is 1. The highest BCUT2D eigenvalue weighted by atomic mass is 16.2. The summed E-state index contributed by atoms with van der Waals surface area (Å²) in [4.78, 5) is 14.5. The van der Waals surface area contributed by atoms with E-state index in [2.05, 4.69) is 24.1 Å². The van der Waals surface area contributed by atoms with Crippen molar-refractivity contribution in [2.75, 3.05) is 26.2 Å². The van der Waals surface area contributed by atoms with Gasteiger partial charge in [0.2, 0.25) is 5.91 Å². The van der Waals surface area contributed by atoms with Crippen LogP contribution >= 0.6 is 0 Å². The molecule has 0 saturated carbocycles. The highest BCUT2D eigenvalue weighted by Gasteiger charge is 2.19. The van der Waals surface area contributed by atoms with Crippen LogP contribution < -0.4 is 5.32 Å². The number of carbonyl (C=O) groups excluding carboxylic acids is 1. The molecular formula is C18H36N2O. The zero-order valence-corrected chi connectivity index (χ0v) is 14.3. The van der Waals surface area contributed by atoms with Gasteiger partial charge >= 0.3 is 0 Å². The van der Waals surface area contributed by atoms with Crippen LogP contribution in [0.4, 0.5) is 0 Å². The molecule has 0 radical (unpaired) electrons. The lowest BCUT2D eigenvalue weighted by Gasteiger charge is -2.30. The molecule has 0 unspecified atom stereocenters. The molecule has 0 spiro atoms. The minimum Gasteiger partial charge on any atom is -0.342 e. The van der Waals surface area contributed by atoms with E-state index in [0.717, 1.165) is 45.4 Å². The fourth-order valence-electron chi connectivity index (χ4n) is 3.18. The van der Waals surface area contributed by atoms with E-state index in [1.165, 1.54) is 44.9 Å². The molecule has 3 heteroatoms. The molecule has 0 aromatic rings. The molecular weight excluding hydrogens is 260 g/mol. The van der Waals surface area contributed by atoms with Gasteiger partial charge in [-0.2, -0.15) is 0 Å². The van der Waals surface area contributed by atoms with Crippen LogP contribution in [-0.2, 0) is 4.79 Å². The number of rotatable bonds is 11. The largest absolute Gasteiger partial charge is 0.342 e. The van der Waals surface area contributed by atoms with Crippen LogP contribution in [-0.4, -0.2) is 37.0 Å². The first-order chi connectivity index (χ1) is 10.3. The Labute approximate surface area is 131 Å². The second-order valence-corrected chi connectivity index (χ2v) is 6.55. The van der Waals surface area contributed by atoms with Crippen molar-refractivity contribution in [3.8, 4) is 0 Å². The maximum absolute atomic E-state index is 12.4. The van der Waals surface area contributed by atoms with Crippen molar-refractivity contribution in [3.63, 3.8) is 0 Å². The molecule has 3 nitrogen and oxygen atoms in total. The highest BCUT2D eigenvalue weighted by Crippen LogP contribution is 2.15. The molecule has 1 saturated heterocycles. The molecule has 1 amide bonds. The number of hydrogen-bond acceptors (Lipinski definition) is 2. The molecule has 0 aromatic carbocycles. The maximum Gasteiger partial charge on any atom is 0.222 e. The van der Waals surface area contributed by atoms with Gasteiger partial charge < -0.3 is 10.2 Å². The minimum atomic E-state index is 0.394. The standard InChI is InChI=1S/C18H36N2O/c1-3-5-6-7-8-9-10-18(21)20(15-4-2)16-17-11-13-19-14-12-17/h17,19H,3-16H2,1-2H3. The van der Waals surface area contributed by atoms with Gasteiger partial charge in [-0.15, -0.1) is 0 Å². The third-order valence-corrected chi connectivity index (χ3v) is 4.53. The summed E-state index contributed by atoms with van der Waals surface area (Å²) in [6.45, 7) is 8.59. The topological polar surface area (TPSA) is 32.3 Å². The van der Waals surface area contributed by atoms with Crippen LogP contribution in [0, 0.1) is 5.92 Å². The molecule has 1 aliphatic rings. The third kappa shape index (κ3) is 8.45. The van der Waals surface area contributed by atoms with Gasteiger partial charge in [0.1, 0.15) is 0 Å². The number of carbonyl (C=O) groups is 1. The summed E-state index contributed by atoms with van der Waals surface area (Å²) in [5, 5.41) is 3.40. The van der Waals surface area contributed by atoms with Gasteiger partial charge in [0, 0.05) is 19.5 Å². The van der Waals surface area contributed by atoms with Crippen molar-refractivity contribution >= 4 is 5.91 Å². The van der Waals surface area contributed by atoms with E-state index in [1.807, 2.05) is 0 Å². The van der Waals surface area contributed by atoms with Crippen molar-refractivity contribution in [2.45, 2.75) is 78.1 Å². The predicted octanol–water partition coefficient (Wildman–Crippen LogP) is 3.98. The van der Waals surface area contributed by atoms with Crippen LogP contribution in [0.3, 0.4) is 0 Å². The molecule has 1 aliphatic heterocycles. The van der Waals surface area contributed by atoms with Crippen molar-refractivity contribution in [1.29, 1.82) is 0 Å².